The fraction of sp³-hybridized carbons (Fsp3) is 0.697. The molecule has 11 nitrogen and oxygen atoms in total. The van der Waals surface area contributed by atoms with Crippen LogP contribution in [-0.4, -0.2) is 66.4 Å². The van der Waals surface area contributed by atoms with Crippen LogP contribution < -0.4 is 10.6 Å². The molecule has 2 N–H and O–H groups in total. The van der Waals surface area contributed by atoms with Gasteiger partial charge in [0, 0.05) is 37.5 Å². The normalized spacial score (nSPS) is 24.7. The molecular formula is C33H48F2N8O3. The molecule has 4 aliphatic rings. The van der Waals surface area contributed by atoms with Gasteiger partial charge in [0.15, 0.2) is 0 Å². The van der Waals surface area contributed by atoms with E-state index >= 15 is 8.78 Å². The van der Waals surface area contributed by atoms with E-state index in [2.05, 4.69) is 34.6 Å². The minimum Gasteiger partial charge on any atom is -0.380 e. The zero-order chi connectivity index (χ0) is 33.0. The van der Waals surface area contributed by atoms with Crippen LogP contribution in [0.4, 0.5) is 8.78 Å². The summed E-state index contributed by atoms with van der Waals surface area (Å²) in [5.41, 5.74) is 1.51. The van der Waals surface area contributed by atoms with Gasteiger partial charge in [0.25, 0.3) is 17.6 Å². The topological polar surface area (TPSA) is 128 Å². The van der Waals surface area contributed by atoms with Crippen molar-refractivity contribution in [1.82, 2.24) is 40.0 Å². The zero-order valence-electron chi connectivity index (χ0n) is 27.6. The molecule has 0 radical (unpaired) electrons. The maximum absolute atomic E-state index is 15.3. The number of carbonyl (C=O) groups is 2. The molecule has 2 bridgehead atoms. The Morgan fingerprint density at radius 1 is 1.20 bits per heavy atom. The molecule has 1 aliphatic carbocycles. The molecule has 3 aliphatic heterocycles. The molecule has 3 aromatic rings. The number of nitrogens with zero attached hydrogens (tertiary/aromatic N) is 6. The second-order valence-corrected chi connectivity index (χ2v) is 12.8. The minimum atomic E-state index is -3.03. The van der Waals surface area contributed by atoms with Crippen LogP contribution in [0.2, 0.25) is 0 Å². The summed E-state index contributed by atoms with van der Waals surface area (Å²) >= 11 is 0. The smallest absolute Gasteiger partial charge is 0.270 e. The number of piperidine rings is 2. The maximum atomic E-state index is 15.3. The fourth-order valence-corrected chi connectivity index (χ4v) is 6.95. The Balaban J connectivity index is 0.00000204. The molecule has 2 amide bonds. The molecule has 13 heteroatoms. The second-order valence-electron chi connectivity index (χ2n) is 12.8. The molecule has 6 heterocycles. The van der Waals surface area contributed by atoms with Crippen LogP contribution in [0, 0.1) is 17.8 Å². The van der Waals surface area contributed by atoms with Gasteiger partial charge in [0.05, 0.1) is 48.5 Å². The van der Waals surface area contributed by atoms with Gasteiger partial charge in [-0.25, -0.2) is 23.3 Å². The standard InChI is InChI=1S/C31H42F2N8O3.C2H6/c1-4-6-18(3)7-8-23(36-29(43)26-9-11-34-40(26)5-2)25-16-41-30(37-25)38-27(22-17-44-12-10-31(22,32)33)24(39-41)15-21-19-13-20(14-19)35-28(21)42;1-2/h9,11,16,18-23H,4-8,10,12-15,17H2,1-3H3,(H,35,42)(H,36,43);1-2H3/t18-,19?,20?,21?,22?,23?;/m1./s1. The Morgan fingerprint density at radius 2 is 1.98 bits per heavy atom. The molecule has 46 heavy (non-hydrogen) atoms. The van der Waals surface area contributed by atoms with E-state index in [1.807, 2.05) is 20.8 Å². The lowest BCUT2D eigenvalue weighted by atomic mass is 9.67. The van der Waals surface area contributed by atoms with Crippen LogP contribution >= 0.6 is 0 Å². The van der Waals surface area contributed by atoms with E-state index in [4.69, 9.17) is 14.8 Å². The molecule has 3 aromatic heterocycles. The summed E-state index contributed by atoms with van der Waals surface area (Å²) in [6.07, 6.45) is 8.56. The van der Waals surface area contributed by atoms with E-state index in [0.717, 1.165) is 32.1 Å². The number of imidazole rings is 1. The number of amides is 2. The van der Waals surface area contributed by atoms with Crippen molar-refractivity contribution < 1.29 is 23.1 Å². The first-order valence-electron chi connectivity index (χ1n) is 17.0. The molecule has 252 valence electrons. The highest BCUT2D eigenvalue weighted by Crippen LogP contribution is 2.43. The van der Waals surface area contributed by atoms with Crippen LogP contribution in [0.5, 0.6) is 0 Å². The van der Waals surface area contributed by atoms with Crippen molar-refractivity contribution in [2.75, 3.05) is 13.2 Å². The van der Waals surface area contributed by atoms with E-state index in [0.29, 0.717) is 36.0 Å². The Bertz CT molecular complexity index is 1500. The predicted octanol–water partition coefficient (Wildman–Crippen LogP) is 5.26. The number of rotatable bonds is 12. The first kappa shape index (κ1) is 33.9. The molecule has 3 saturated heterocycles. The lowest BCUT2D eigenvalue weighted by Crippen LogP contribution is -2.57. The number of alkyl halides is 2. The first-order valence-corrected chi connectivity index (χ1v) is 17.0. The van der Waals surface area contributed by atoms with Gasteiger partial charge < -0.3 is 15.4 Å². The van der Waals surface area contributed by atoms with E-state index in [-0.39, 0.29) is 60.8 Å². The summed E-state index contributed by atoms with van der Waals surface area (Å²) in [4.78, 5) is 35.6. The number of halogens is 2. The third kappa shape index (κ3) is 7.08. The highest BCUT2D eigenvalue weighted by molar-refractivity contribution is 5.92. The summed E-state index contributed by atoms with van der Waals surface area (Å²) in [5, 5.41) is 15.2. The zero-order valence-corrected chi connectivity index (χ0v) is 27.6. The van der Waals surface area contributed by atoms with Gasteiger partial charge in [-0.3, -0.25) is 14.3 Å². The average Bonchev–Trinajstić information content (AvgIpc) is 3.67. The summed E-state index contributed by atoms with van der Waals surface area (Å²) in [6, 6.07) is 1.44. The van der Waals surface area contributed by atoms with Crippen LogP contribution in [0.15, 0.2) is 18.5 Å². The van der Waals surface area contributed by atoms with E-state index < -0.39 is 24.3 Å². The maximum Gasteiger partial charge on any atom is 0.270 e. The summed E-state index contributed by atoms with van der Waals surface area (Å²) in [5.74, 6) is -4.14. The number of nitrogens with one attached hydrogen (secondary N) is 2. The third-order valence-corrected chi connectivity index (χ3v) is 9.62. The minimum absolute atomic E-state index is 0.0225. The number of carbonyl (C=O) groups excluding carboxylic acids is 2. The van der Waals surface area contributed by atoms with Crippen molar-refractivity contribution in [3.63, 3.8) is 0 Å². The first-order chi connectivity index (χ1) is 22.2. The van der Waals surface area contributed by atoms with Gasteiger partial charge in [-0.1, -0.05) is 40.5 Å². The molecular weight excluding hydrogens is 594 g/mol. The SMILES string of the molecule is CC.CCC[C@@H](C)CCC(NC(=O)c1ccnn1CC)c1cn2nc(CC3C(=O)NC4CC3C4)c(C3COCCC3(F)F)nc2n1. The lowest BCUT2D eigenvalue weighted by Gasteiger charge is -2.46. The molecule has 4 atom stereocenters. The quantitative estimate of drug-likeness (QED) is 0.276. The van der Waals surface area contributed by atoms with Gasteiger partial charge in [0.1, 0.15) is 5.69 Å². The largest absolute Gasteiger partial charge is 0.380 e. The van der Waals surface area contributed by atoms with E-state index in [1.165, 1.54) is 4.52 Å². The Labute approximate surface area is 269 Å². The second kappa shape index (κ2) is 14.5. The van der Waals surface area contributed by atoms with Crippen LogP contribution in [-0.2, 0) is 22.5 Å². The molecule has 7 rings (SSSR count). The molecule has 1 saturated carbocycles. The number of hydrogen-bond acceptors (Lipinski definition) is 7. The van der Waals surface area contributed by atoms with E-state index in [9.17, 15) is 9.59 Å². The summed E-state index contributed by atoms with van der Waals surface area (Å²) in [6.45, 7) is 10.6. The van der Waals surface area contributed by atoms with Crippen molar-refractivity contribution in [2.45, 2.75) is 116 Å². The Hall–Kier alpha value is -3.48. The number of hydrogen-bond donors (Lipinski definition) is 2. The molecule has 0 spiro atoms. The monoisotopic (exact) mass is 642 g/mol. The van der Waals surface area contributed by atoms with Crippen molar-refractivity contribution in [1.29, 1.82) is 0 Å². The molecule has 0 aromatic carbocycles. The molecule has 4 fully saturated rings. The third-order valence-electron chi connectivity index (χ3n) is 9.62. The van der Waals surface area contributed by atoms with Gasteiger partial charge in [0.2, 0.25) is 5.91 Å². The average molecular weight is 643 g/mol. The van der Waals surface area contributed by atoms with Gasteiger partial charge in [-0.2, -0.15) is 10.2 Å². The van der Waals surface area contributed by atoms with Crippen LogP contribution in [0.25, 0.3) is 5.78 Å². The summed E-state index contributed by atoms with van der Waals surface area (Å²) < 4.78 is 39.2. The highest BCUT2D eigenvalue weighted by Gasteiger charge is 2.48. The predicted molar refractivity (Wildman–Crippen MR) is 169 cm³/mol. The molecule has 3 unspecified atom stereocenters. The van der Waals surface area contributed by atoms with E-state index in [1.54, 1.807) is 23.1 Å². The lowest BCUT2D eigenvalue weighted by molar-refractivity contribution is -0.135. The van der Waals surface area contributed by atoms with Crippen molar-refractivity contribution in [3.05, 3.63) is 41.2 Å². The van der Waals surface area contributed by atoms with Gasteiger partial charge in [-0.15, -0.1) is 0 Å². The van der Waals surface area contributed by atoms with Crippen LogP contribution in [0.3, 0.4) is 0 Å². The number of ether oxygens (including phenoxy) is 1. The van der Waals surface area contributed by atoms with Crippen molar-refractivity contribution in [2.24, 2.45) is 17.8 Å². The van der Waals surface area contributed by atoms with Gasteiger partial charge >= 0.3 is 0 Å². The van der Waals surface area contributed by atoms with Gasteiger partial charge in [-0.05, 0) is 50.5 Å². The number of aromatic nitrogens is 6. The van der Waals surface area contributed by atoms with Crippen molar-refractivity contribution >= 4 is 17.6 Å². The van der Waals surface area contributed by atoms with Crippen LogP contribution in [0.1, 0.15) is 119 Å². The Kier molecular flexibility index (Phi) is 10.7. The number of aryl methyl sites for hydroxylation is 1. The Morgan fingerprint density at radius 3 is 2.67 bits per heavy atom. The number of fused-ring (bicyclic) bond motifs is 3. The van der Waals surface area contributed by atoms with Crippen molar-refractivity contribution in [3.8, 4) is 0 Å². The highest BCUT2D eigenvalue weighted by atomic mass is 19.3. The summed E-state index contributed by atoms with van der Waals surface area (Å²) in [7, 11) is 0. The fourth-order valence-electron chi connectivity index (χ4n) is 6.95.